The number of hydrogen-bond donors (Lipinski definition) is 1. The van der Waals surface area contributed by atoms with E-state index in [9.17, 15) is 27.2 Å². The van der Waals surface area contributed by atoms with Gasteiger partial charge in [-0.3, -0.25) is 9.36 Å². The number of nitrogens with zero attached hydrogens (tertiary/aromatic N) is 3. The van der Waals surface area contributed by atoms with E-state index < -0.39 is 35.2 Å². The minimum absolute atomic E-state index is 0.179. The molecule has 2 amide bonds. The Morgan fingerprint density at radius 1 is 1.05 bits per heavy atom. The number of fused-ring (bicyclic) bond motifs is 1. The number of nitrogens with one attached hydrogen (secondary N) is 1. The number of hydrogen-bond acceptors (Lipinski definition) is 3. The second kappa shape index (κ2) is 12.7. The molecule has 1 unspecified atom stereocenters. The molecule has 6 nitrogen and oxygen atoms in total. The van der Waals surface area contributed by atoms with Crippen LogP contribution in [0.3, 0.4) is 0 Å². The van der Waals surface area contributed by atoms with Crippen molar-refractivity contribution in [2.24, 2.45) is 0 Å². The molecule has 0 bridgehead atoms. The van der Waals surface area contributed by atoms with Crippen LogP contribution in [0.1, 0.15) is 57.0 Å². The van der Waals surface area contributed by atoms with Crippen LogP contribution in [-0.2, 0) is 6.18 Å². The van der Waals surface area contributed by atoms with Gasteiger partial charge in [-0.25, -0.2) is 14.2 Å². The molecular weight excluding hydrogens is 560 g/mol. The predicted octanol–water partition coefficient (Wildman–Crippen LogP) is 8.37. The minimum atomic E-state index is -4.50. The van der Waals surface area contributed by atoms with Gasteiger partial charge in [0.1, 0.15) is 11.6 Å². The Kier molecular flexibility index (Phi) is 9.32. The molecule has 0 fully saturated rings. The van der Waals surface area contributed by atoms with E-state index in [2.05, 4.69) is 5.32 Å². The first-order valence-electron chi connectivity index (χ1n) is 13.3. The van der Waals surface area contributed by atoms with Crippen molar-refractivity contribution in [3.05, 3.63) is 99.3 Å². The zero-order chi connectivity index (χ0) is 29.7. The van der Waals surface area contributed by atoms with Crippen molar-refractivity contribution >= 4 is 34.2 Å². The van der Waals surface area contributed by atoms with Gasteiger partial charge in [-0.05, 0) is 67.4 Å². The third-order valence-electron chi connectivity index (χ3n) is 6.75. The molecule has 41 heavy (non-hydrogen) atoms. The number of halogens is 5. The number of carbonyl (C=O) groups is 1. The lowest BCUT2D eigenvalue weighted by molar-refractivity contribution is -0.137. The molecule has 1 heterocycles. The average molecular weight is 589 g/mol. The lowest BCUT2D eigenvalue weighted by Gasteiger charge is -2.32. The molecule has 1 atom stereocenters. The Hall–Kier alpha value is -3.92. The molecule has 1 aromatic heterocycles. The van der Waals surface area contributed by atoms with E-state index in [0.29, 0.717) is 30.3 Å². The van der Waals surface area contributed by atoms with Gasteiger partial charge in [-0.2, -0.15) is 13.2 Å². The van der Waals surface area contributed by atoms with Crippen LogP contribution < -0.4 is 10.9 Å². The first-order valence-corrected chi connectivity index (χ1v) is 13.6. The monoisotopic (exact) mass is 588 g/mol. The van der Waals surface area contributed by atoms with E-state index in [4.69, 9.17) is 16.6 Å². The standard InChI is InChI=1S/C30H29ClF4N4O2/c1-3-5-8-17-38(29(41)36-20-13-11-19(12-14-20)30(33,34)35)26(4-2)27-37-25-10-7-6-9-22(25)28(40)39(27)21-15-16-24(32)23(31)18-21/h6-7,9-16,18,26H,3-5,8,17H2,1-2H3,(H,36,41). The number of urea groups is 1. The van der Waals surface area contributed by atoms with Gasteiger partial charge in [0.05, 0.1) is 33.2 Å². The SMILES string of the molecule is CCCCCN(C(=O)Nc1ccc(C(F)(F)F)cc1)C(CC)c1nc2ccccc2c(=O)n1-c1ccc(F)c(Cl)c1. The number of benzene rings is 3. The Bertz CT molecular complexity index is 1590. The van der Waals surface area contributed by atoms with E-state index in [-0.39, 0.29) is 22.2 Å². The van der Waals surface area contributed by atoms with Crippen LogP contribution in [-0.4, -0.2) is 27.0 Å². The summed E-state index contributed by atoms with van der Waals surface area (Å²) in [5.74, 6) is -0.402. The van der Waals surface area contributed by atoms with Crippen LogP contribution in [0, 0.1) is 5.82 Å². The number of alkyl halides is 3. The van der Waals surface area contributed by atoms with Crippen molar-refractivity contribution in [1.29, 1.82) is 0 Å². The number of para-hydroxylation sites is 1. The van der Waals surface area contributed by atoms with Crippen molar-refractivity contribution in [3.8, 4) is 5.69 Å². The first-order chi connectivity index (χ1) is 19.5. The predicted molar refractivity (Wildman–Crippen MR) is 152 cm³/mol. The van der Waals surface area contributed by atoms with Gasteiger partial charge in [0.2, 0.25) is 0 Å². The summed E-state index contributed by atoms with van der Waals surface area (Å²) in [5, 5.41) is 2.85. The van der Waals surface area contributed by atoms with E-state index in [0.717, 1.165) is 31.0 Å². The molecule has 0 saturated carbocycles. The summed E-state index contributed by atoms with van der Waals surface area (Å²) < 4.78 is 54.5. The Balaban J connectivity index is 1.82. The topological polar surface area (TPSA) is 67.2 Å². The molecule has 0 radical (unpaired) electrons. The second-order valence-corrected chi connectivity index (χ2v) is 9.96. The molecule has 4 aromatic rings. The molecule has 1 N–H and O–H groups in total. The van der Waals surface area contributed by atoms with E-state index >= 15 is 0 Å². The van der Waals surface area contributed by atoms with Gasteiger partial charge in [0, 0.05) is 12.2 Å². The molecule has 0 spiro atoms. The lowest BCUT2D eigenvalue weighted by Crippen LogP contribution is -2.41. The maximum absolute atomic E-state index is 14.0. The third kappa shape index (κ3) is 6.70. The average Bonchev–Trinajstić information content (AvgIpc) is 2.94. The largest absolute Gasteiger partial charge is 0.416 e. The van der Waals surface area contributed by atoms with Crippen LogP contribution in [0.25, 0.3) is 16.6 Å². The molecule has 216 valence electrons. The van der Waals surface area contributed by atoms with Gasteiger partial charge in [0.15, 0.2) is 0 Å². The van der Waals surface area contributed by atoms with Crippen LogP contribution >= 0.6 is 11.6 Å². The van der Waals surface area contributed by atoms with Crippen LogP contribution in [0.2, 0.25) is 5.02 Å². The third-order valence-corrected chi connectivity index (χ3v) is 7.04. The maximum atomic E-state index is 14.0. The molecule has 4 rings (SSSR count). The fraction of sp³-hybridized carbons (Fsp3) is 0.300. The number of unbranched alkanes of at least 4 members (excludes halogenated alkanes) is 2. The number of aromatic nitrogens is 2. The minimum Gasteiger partial charge on any atom is -0.314 e. The molecule has 0 aliphatic heterocycles. The van der Waals surface area contributed by atoms with Crippen molar-refractivity contribution in [2.45, 2.75) is 51.7 Å². The van der Waals surface area contributed by atoms with Gasteiger partial charge in [-0.1, -0.05) is 50.4 Å². The van der Waals surface area contributed by atoms with Crippen molar-refractivity contribution in [3.63, 3.8) is 0 Å². The molecule has 3 aromatic carbocycles. The summed E-state index contributed by atoms with van der Waals surface area (Å²) in [6.45, 7) is 4.16. The van der Waals surface area contributed by atoms with Crippen molar-refractivity contribution < 1.29 is 22.4 Å². The van der Waals surface area contributed by atoms with Gasteiger partial charge >= 0.3 is 12.2 Å². The van der Waals surface area contributed by atoms with E-state index in [1.807, 2.05) is 13.8 Å². The van der Waals surface area contributed by atoms with Crippen molar-refractivity contribution in [1.82, 2.24) is 14.5 Å². The van der Waals surface area contributed by atoms with Gasteiger partial charge < -0.3 is 10.2 Å². The molecule has 0 saturated heterocycles. The number of amides is 2. The Morgan fingerprint density at radius 2 is 1.76 bits per heavy atom. The highest BCUT2D eigenvalue weighted by Crippen LogP contribution is 2.31. The summed E-state index contributed by atoms with van der Waals surface area (Å²) in [7, 11) is 0. The molecule has 0 aliphatic carbocycles. The lowest BCUT2D eigenvalue weighted by atomic mass is 10.1. The normalized spacial score (nSPS) is 12.4. The molecule has 11 heteroatoms. The Morgan fingerprint density at radius 3 is 2.39 bits per heavy atom. The summed E-state index contributed by atoms with van der Waals surface area (Å²) in [4.78, 5) is 33.8. The quantitative estimate of drug-likeness (QED) is 0.158. The number of carbonyl (C=O) groups excluding carboxylic acids is 1. The number of rotatable bonds is 9. The fourth-order valence-electron chi connectivity index (χ4n) is 4.66. The summed E-state index contributed by atoms with van der Waals surface area (Å²) in [6, 6.07) is 13.6. The van der Waals surface area contributed by atoms with E-state index in [1.54, 1.807) is 24.3 Å². The Labute approximate surface area is 239 Å². The first kappa shape index (κ1) is 30.0. The van der Waals surface area contributed by atoms with Gasteiger partial charge in [-0.15, -0.1) is 0 Å². The smallest absolute Gasteiger partial charge is 0.314 e. The van der Waals surface area contributed by atoms with Crippen LogP contribution in [0.15, 0.2) is 71.5 Å². The fourth-order valence-corrected chi connectivity index (χ4v) is 4.83. The summed E-state index contributed by atoms with van der Waals surface area (Å²) in [6.07, 6.45) is -1.79. The highest BCUT2D eigenvalue weighted by molar-refractivity contribution is 6.30. The highest BCUT2D eigenvalue weighted by Gasteiger charge is 2.31. The van der Waals surface area contributed by atoms with Crippen LogP contribution in [0.4, 0.5) is 28.0 Å². The molecule has 0 aliphatic rings. The highest BCUT2D eigenvalue weighted by atomic mass is 35.5. The zero-order valence-electron chi connectivity index (χ0n) is 22.5. The molecular formula is C30H29ClF4N4O2. The maximum Gasteiger partial charge on any atom is 0.416 e. The zero-order valence-corrected chi connectivity index (χ0v) is 23.3. The summed E-state index contributed by atoms with van der Waals surface area (Å²) >= 11 is 6.07. The number of anilines is 1. The van der Waals surface area contributed by atoms with Crippen LogP contribution in [0.5, 0.6) is 0 Å². The summed E-state index contributed by atoms with van der Waals surface area (Å²) in [5.41, 5.74) is -0.350. The van der Waals surface area contributed by atoms with Crippen molar-refractivity contribution in [2.75, 3.05) is 11.9 Å². The van der Waals surface area contributed by atoms with E-state index in [1.165, 1.54) is 33.7 Å². The second-order valence-electron chi connectivity index (χ2n) is 9.56. The van der Waals surface area contributed by atoms with Gasteiger partial charge in [0.25, 0.3) is 5.56 Å².